The molecule has 1 aromatic carbocycles. The molecule has 200 valence electrons. The minimum Gasteiger partial charge on any atom is -0.481 e. The number of benzene rings is 1. The van der Waals surface area contributed by atoms with Crippen LogP contribution in [-0.2, 0) is 31.4 Å². The van der Waals surface area contributed by atoms with Crippen molar-refractivity contribution in [3.63, 3.8) is 0 Å². The molecule has 8 nitrogen and oxygen atoms in total. The molecule has 4 rings (SSSR count). The lowest BCUT2D eigenvalue weighted by molar-refractivity contribution is -0.120. The first-order valence-corrected chi connectivity index (χ1v) is 13.3. The maximum Gasteiger partial charge on any atom is 0.224 e. The number of aliphatic hydroxyl groups excluding tert-OH is 1. The minimum atomic E-state index is -0.711. The number of amides is 1. The zero-order valence-corrected chi connectivity index (χ0v) is 23.4. The number of methoxy groups -OCH3 is 1. The van der Waals surface area contributed by atoms with Crippen LogP contribution in [0.2, 0.25) is 5.02 Å². The maximum atomic E-state index is 13.3. The number of aryl methyl sites for hydroxylation is 2. The Morgan fingerprint density at radius 3 is 2.66 bits per heavy atom. The molecule has 0 saturated heterocycles. The lowest BCUT2D eigenvalue weighted by Gasteiger charge is -2.20. The van der Waals surface area contributed by atoms with Crippen molar-refractivity contribution in [3.8, 4) is 5.88 Å². The first-order valence-electron chi connectivity index (χ1n) is 12.1. The summed E-state index contributed by atoms with van der Waals surface area (Å²) in [6.07, 6.45) is 2.65. The van der Waals surface area contributed by atoms with Crippen LogP contribution in [0.25, 0.3) is 10.2 Å². The van der Waals surface area contributed by atoms with Crippen LogP contribution in [0.4, 0.5) is 0 Å². The van der Waals surface area contributed by atoms with Crippen LogP contribution < -0.4 is 15.5 Å². The van der Waals surface area contributed by atoms with E-state index in [9.17, 15) is 14.7 Å². The van der Waals surface area contributed by atoms with E-state index in [1.165, 1.54) is 11.3 Å². The number of carbonyl (C=O) groups is 1. The number of carbonyl (C=O) groups excluding carboxylic acids is 1. The topological polar surface area (TPSA) is 96.7 Å². The van der Waals surface area contributed by atoms with E-state index < -0.39 is 6.10 Å². The monoisotopic (exact) mass is 554 g/mol. The van der Waals surface area contributed by atoms with Gasteiger partial charge in [-0.25, -0.2) is 4.98 Å². The fourth-order valence-electron chi connectivity index (χ4n) is 4.37. The Labute approximate surface area is 230 Å². The van der Waals surface area contributed by atoms with Crippen LogP contribution in [0.1, 0.15) is 33.2 Å². The number of likely N-dealkylation sites (N-methyl/N-ethyl adjacent to an activating group) is 1. The van der Waals surface area contributed by atoms with Gasteiger partial charge in [-0.05, 0) is 43.3 Å². The Hall–Kier alpha value is -3.24. The maximum absolute atomic E-state index is 13.3. The molecule has 3 heterocycles. The van der Waals surface area contributed by atoms with Gasteiger partial charge in [0.25, 0.3) is 0 Å². The van der Waals surface area contributed by atoms with Gasteiger partial charge in [0, 0.05) is 66.2 Å². The summed E-state index contributed by atoms with van der Waals surface area (Å²) in [6.45, 7) is 3.34. The second kappa shape index (κ2) is 12.1. The van der Waals surface area contributed by atoms with Crippen LogP contribution in [0.5, 0.6) is 5.88 Å². The molecule has 0 radical (unpaired) electrons. The number of hydrogen-bond acceptors (Lipinski definition) is 7. The summed E-state index contributed by atoms with van der Waals surface area (Å²) in [5.41, 5.74) is 3.87. The Morgan fingerprint density at radius 1 is 1.26 bits per heavy atom. The van der Waals surface area contributed by atoms with Gasteiger partial charge in [-0.3, -0.25) is 14.5 Å². The number of hydrogen-bond donors (Lipinski definition) is 2. The standard InChI is InChI=1S/C28H31ClN4O4S/c1-17-23(16-32(2)15-22(34)19-7-10-25(37-4)31-13-19)38-28-26(17)33(3)14-20(27(28)36)11-24(35)30-12-18-5-8-21(29)9-6-18/h5-10,13-14,22,34H,11-12,15-16H2,1-4H3,(H,30,35). The average molecular weight is 555 g/mol. The van der Waals surface area contributed by atoms with E-state index in [4.69, 9.17) is 16.3 Å². The van der Waals surface area contributed by atoms with Crippen molar-refractivity contribution >= 4 is 39.1 Å². The largest absolute Gasteiger partial charge is 0.481 e. The van der Waals surface area contributed by atoms with E-state index in [1.807, 2.05) is 42.6 Å². The Kier molecular flexibility index (Phi) is 8.83. The van der Waals surface area contributed by atoms with Gasteiger partial charge in [0.2, 0.25) is 17.2 Å². The third-order valence-corrected chi connectivity index (χ3v) is 7.94. The Morgan fingerprint density at radius 2 is 2.00 bits per heavy atom. The van der Waals surface area contributed by atoms with Crippen molar-refractivity contribution in [1.29, 1.82) is 0 Å². The first kappa shape index (κ1) is 27.8. The molecule has 1 amide bonds. The summed E-state index contributed by atoms with van der Waals surface area (Å²) < 4.78 is 7.64. The minimum absolute atomic E-state index is 0.00444. The number of nitrogens with one attached hydrogen (secondary N) is 1. The molecule has 0 spiro atoms. The van der Waals surface area contributed by atoms with Crippen LogP contribution in [-0.4, -0.2) is 46.2 Å². The number of pyridine rings is 2. The van der Waals surface area contributed by atoms with E-state index in [0.717, 1.165) is 21.5 Å². The molecule has 38 heavy (non-hydrogen) atoms. The number of nitrogens with zero attached hydrogens (tertiary/aromatic N) is 3. The average Bonchev–Trinajstić information content (AvgIpc) is 3.23. The van der Waals surface area contributed by atoms with Crippen molar-refractivity contribution in [1.82, 2.24) is 19.8 Å². The smallest absolute Gasteiger partial charge is 0.224 e. The molecular weight excluding hydrogens is 524 g/mol. The summed E-state index contributed by atoms with van der Waals surface area (Å²) in [5.74, 6) is 0.279. The lowest BCUT2D eigenvalue weighted by Crippen LogP contribution is -2.27. The summed E-state index contributed by atoms with van der Waals surface area (Å²) in [4.78, 5) is 33.1. The van der Waals surface area contributed by atoms with Crippen LogP contribution >= 0.6 is 22.9 Å². The number of thiophene rings is 1. The highest BCUT2D eigenvalue weighted by Gasteiger charge is 2.19. The number of halogens is 1. The highest BCUT2D eigenvalue weighted by Crippen LogP contribution is 2.30. The molecule has 10 heteroatoms. The van der Waals surface area contributed by atoms with Crippen molar-refractivity contribution in [2.45, 2.75) is 32.5 Å². The number of aliphatic hydroxyl groups is 1. The van der Waals surface area contributed by atoms with Gasteiger partial charge in [0.15, 0.2) is 0 Å². The highest BCUT2D eigenvalue weighted by molar-refractivity contribution is 7.19. The molecule has 0 aliphatic carbocycles. The van der Waals surface area contributed by atoms with E-state index >= 15 is 0 Å². The fraction of sp³-hybridized carbons (Fsp3) is 0.321. The van der Waals surface area contributed by atoms with E-state index in [0.29, 0.717) is 46.4 Å². The molecule has 4 aromatic rings. The summed E-state index contributed by atoms with van der Waals surface area (Å²) in [7, 11) is 5.37. The molecule has 3 aromatic heterocycles. The second-order valence-corrected chi connectivity index (χ2v) is 10.9. The van der Waals surface area contributed by atoms with E-state index in [-0.39, 0.29) is 17.8 Å². The van der Waals surface area contributed by atoms with E-state index in [2.05, 4.69) is 10.3 Å². The van der Waals surface area contributed by atoms with Crippen molar-refractivity contribution in [2.75, 3.05) is 20.7 Å². The number of aromatic nitrogens is 2. The molecule has 0 fully saturated rings. The molecule has 1 unspecified atom stereocenters. The lowest BCUT2D eigenvalue weighted by atomic mass is 10.1. The third-order valence-electron chi connectivity index (χ3n) is 6.42. The van der Waals surface area contributed by atoms with Gasteiger partial charge in [-0.2, -0.15) is 0 Å². The van der Waals surface area contributed by atoms with Crippen molar-refractivity contribution < 1.29 is 14.6 Å². The summed E-state index contributed by atoms with van der Waals surface area (Å²) in [6, 6.07) is 10.8. The quantitative estimate of drug-likeness (QED) is 0.308. The van der Waals surface area contributed by atoms with Gasteiger partial charge in [0.1, 0.15) is 0 Å². The molecule has 2 N–H and O–H groups in total. The molecule has 0 bridgehead atoms. The van der Waals surface area contributed by atoms with Gasteiger partial charge in [-0.1, -0.05) is 23.7 Å². The van der Waals surface area contributed by atoms with Gasteiger partial charge in [0.05, 0.1) is 29.9 Å². The summed E-state index contributed by atoms with van der Waals surface area (Å²) in [5, 5.41) is 14.2. The Bertz CT molecular complexity index is 1480. The molecule has 1 atom stereocenters. The zero-order chi connectivity index (χ0) is 27.4. The third kappa shape index (κ3) is 6.42. The number of fused-ring (bicyclic) bond motifs is 1. The van der Waals surface area contributed by atoms with Crippen LogP contribution in [0, 0.1) is 6.92 Å². The normalized spacial score (nSPS) is 12.2. The van der Waals surface area contributed by atoms with Crippen molar-refractivity contribution in [2.24, 2.45) is 7.05 Å². The predicted octanol–water partition coefficient (Wildman–Crippen LogP) is 3.99. The van der Waals surface area contributed by atoms with Crippen LogP contribution in [0.15, 0.2) is 53.6 Å². The van der Waals surface area contributed by atoms with Gasteiger partial charge < -0.3 is 19.7 Å². The highest BCUT2D eigenvalue weighted by atomic mass is 35.5. The Balaban J connectivity index is 1.45. The van der Waals surface area contributed by atoms with E-state index in [1.54, 1.807) is 43.8 Å². The number of rotatable bonds is 10. The summed E-state index contributed by atoms with van der Waals surface area (Å²) >= 11 is 7.36. The fourth-order valence-corrected chi connectivity index (χ4v) is 5.89. The second-order valence-electron chi connectivity index (χ2n) is 9.35. The SMILES string of the molecule is COc1ccc(C(O)CN(C)Cc2sc3c(=O)c(CC(=O)NCc4ccc(Cl)cc4)cn(C)c3c2C)cn1. The molecule has 0 saturated carbocycles. The van der Waals surface area contributed by atoms with Crippen molar-refractivity contribution in [3.05, 3.63) is 91.2 Å². The van der Waals surface area contributed by atoms with Gasteiger partial charge >= 0.3 is 0 Å². The van der Waals surface area contributed by atoms with Gasteiger partial charge in [-0.15, -0.1) is 11.3 Å². The first-order chi connectivity index (χ1) is 18.2. The van der Waals surface area contributed by atoms with Crippen LogP contribution in [0.3, 0.4) is 0 Å². The molecule has 0 aliphatic heterocycles. The molecule has 0 aliphatic rings. The predicted molar refractivity (Wildman–Crippen MR) is 151 cm³/mol. The zero-order valence-electron chi connectivity index (χ0n) is 21.8. The molecular formula is C28H31ClN4O4S. The number of ether oxygens (including phenoxy) is 1.